The van der Waals surface area contributed by atoms with Crippen molar-refractivity contribution in [3.8, 4) is 11.5 Å². The van der Waals surface area contributed by atoms with Gasteiger partial charge in [-0.05, 0) is 48.5 Å². The zero-order valence-electron chi connectivity index (χ0n) is 13.3. The first-order valence-corrected chi connectivity index (χ1v) is 8.32. The van der Waals surface area contributed by atoms with E-state index >= 15 is 0 Å². The Morgan fingerprint density at radius 2 is 1.04 bits per heavy atom. The highest BCUT2D eigenvalue weighted by Gasteiger charge is 2.12. The number of carbonyl (C=O) groups is 2. The van der Waals surface area contributed by atoms with Crippen LogP contribution in [0, 0.1) is 0 Å². The molecule has 3 aromatic carbocycles. The maximum absolute atomic E-state index is 12.2. The summed E-state index contributed by atoms with van der Waals surface area (Å²) in [4.78, 5) is 24.3. The van der Waals surface area contributed by atoms with Crippen LogP contribution in [0.4, 0.5) is 0 Å². The molecule has 4 nitrogen and oxygen atoms in total. The number of esters is 2. The highest BCUT2D eigenvalue weighted by molar-refractivity contribution is 6.31. The summed E-state index contributed by atoms with van der Waals surface area (Å²) >= 11 is 11.7. The van der Waals surface area contributed by atoms with E-state index in [4.69, 9.17) is 32.7 Å². The Hall–Kier alpha value is -2.82. The van der Waals surface area contributed by atoms with Crippen LogP contribution < -0.4 is 9.47 Å². The van der Waals surface area contributed by atoms with Crippen LogP contribution in [0.3, 0.4) is 0 Å². The van der Waals surface area contributed by atoms with Gasteiger partial charge in [0, 0.05) is 16.1 Å². The second-order valence-electron chi connectivity index (χ2n) is 5.27. The van der Waals surface area contributed by atoms with Crippen molar-refractivity contribution in [3.63, 3.8) is 0 Å². The minimum Gasteiger partial charge on any atom is -0.423 e. The molecule has 0 atom stereocenters. The predicted molar refractivity (Wildman–Crippen MR) is 99.3 cm³/mol. The first kappa shape index (κ1) is 18.0. The third-order valence-corrected chi connectivity index (χ3v) is 3.82. The zero-order chi connectivity index (χ0) is 18.5. The quantitative estimate of drug-likeness (QED) is 0.442. The van der Waals surface area contributed by atoms with Gasteiger partial charge in [-0.1, -0.05) is 41.4 Å². The molecule has 26 heavy (non-hydrogen) atoms. The number of hydrogen-bond acceptors (Lipinski definition) is 4. The largest absolute Gasteiger partial charge is 0.423 e. The first-order valence-electron chi connectivity index (χ1n) is 7.57. The molecule has 130 valence electrons. The number of benzene rings is 3. The van der Waals surface area contributed by atoms with Crippen molar-refractivity contribution in [1.29, 1.82) is 0 Å². The Labute approximate surface area is 159 Å². The molecule has 0 bridgehead atoms. The lowest BCUT2D eigenvalue weighted by Crippen LogP contribution is -2.10. The standard InChI is InChI=1S/C20H12Cl2O4/c21-15-6-1-4-13(10-15)19(23)25-17-8-3-9-18(12-17)26-20(24)14-5-2-7-16(22)11-14/h1-12H. The van der Waals surface area contributed by atoms with Gasteiger partial charge in [0.05, 0.1) is 11.1 Å². The van der Waals surface area contributed by atoms with E-state index in [-0.39, 0.29) is 11.5 Å². The molecule has 0 radical (unpaired) electrons. The minimum absolute atomic E-state index is 0.242. The third kappa shape index (κ3) is 4.63. The summed E-state index contributed by atoms with van der Waals surface area (Å²) < 4.78 is 10.6. The molecule has 0 aliphatic heterocycles. The van der Waals surface area contributed by atoms with Crippen LogP contribution in [0.25, 0.3) is 0 Å². The fourth-order valence-corrected chi connectivity index (χ4v) is 2.54. The summed E-state index contributed by atoms with van der Waals surface area (Å²) in [5.41, 5.74) is 0.637. The molecule has 0 spiro atoms. The van der Waals surface area contributed by atoms with Gasteiger partial charge in [-0.15, -0.1) is 0 Å². The van der Waals surface area contributed by atoms with Crippen molar-refractivity contribution in [1.82, 2.24) is 0 Å². The van der Waals surface area contributed by atoms with Crippen molar-refractivity contribution in [2.24, 2.45) is 0 Å². The number of rotatable bonds is 4. The maximum Gasteiger partial charge on any atom is 0.343 e. The Morgan fingerprint density at radius 1 is 0.615 bits per heavy atom. The van der Waals surface area contributed by atoms with E-state index in [1.165, 1.54) is 18.2 Å². The molecule has 0 aliphatic rings. The smallest absolute Gasteiger partial charge is 0.343 e. The van der Waals surface area contributed by atoms with Crippen molar-refractivity contribution < 1.29 is 19.1 Å². The van der Waals surface area contributed by atoms with Gasteiger partial charge in [-0.2, -0.15) is 0 Å². The van der Waals surface area contributed by atoms with Crippen LogP contribution in [-0.2, 0) is 0 Å². The van der Waals surface area contributed by atoms with Gasteiger partial charge in [0.2, 0.25) is 0 Å². The van der Waals surface area contributed by atoms with Crippen LogP contribution in [-0.4, -0.2) is 11.9 Å². The summed E-state index contributed by atoms with van der Waals surface area (Å²) in [6.07, 6.45) is 0. The van der Waals surface area contributed by atoms with Crippen LogP contribution in [0.2, 0.25) is 10.0 Å². The lowest BCUT2D eigenvalue weighted by Gasteiger charge is -2.08. The second-order valence-corrected chi connectivity index (χ2v) is 6.15. The SMILES string of the molecule is O=C(Oc1cccc(OC(=O)c2cccc(Cl)c2)c1)c1cccc(Cl)c1. The Morgan fingerprint density at radius 3 is 1.46 bits per heavy atom. The molecule has 3 aromatic rings. The Balaban J connectivity index is 1.72. The molecule has 0 amide bonds. The normalized spacial score (nSPS) is 10.2. The van der Waals surface area contributed by atoms with Gasteiger partial charge in [-0.25, -0.2) is 9.59 Å². The molecule has 3 rings (SSSR count). The molecule has 0 heterocycles. The van der Waals surface area contributed by atoms with Gasteiger partial charge in [-0.3, -0.25) is 0 Å². The average Bonchev–Trinajstić information content (AvgIpc) is 2.62. The third-order valence-electron chi connectivity index (χ3n) is 3.35. The lowest BCUT2D eigenvalue weighted by molar-refractivity contribution is 0.0733. The van der Waals surface area contributed by atoms with Crippen LogP contribution in [0.15, 0.2) is 72.8 Å². The van der Waals surface area contributed by atoms with E-state index in [9.17, 15) is 9.59 Å². The van der Waals surface area contributed by atoms with Gasteiger partial charge in [0.15, 0.2) is 0 Å². The number of carbonyl (C=O) groups excluding carboxylic acids is 2. The molecule has 0 saturated carbocycles. The van der Waals surface area contributed by atoms with Gasteiger partial charge >= 0.3 is 11.9 Å². The fourth-order valence-electron chi connectivity index (χ4n) is 2.16. The molecule has 0 N–H and O–H groups in total. The van der Waals surface area contributed by atoms with Gasteiger partial charge in [0.25, 0.3) is 0 Å². The predicted octanol–water partition coefficient (Wildman–Crippen LogP) is 5.43. The summed E-state index contributed by atoms with van der Waals surface area (Å²) in [6.45, 7) is 0. The molecule has 0 aliphatic carbocycles. The first-order chi connectivity index (χ1) is 12.5. The van der Waals surface area contributed by atoms with Gasteiger partial charge in [0.1, 0.15) is 11.5 Å². The summed E-state index contributed by atoms with van der Waals surface area (Å²) in [5, 5.41) is 0.868. The van der Waals surface area contributed by atoms with E-state index < -0.39 is 11.9 Å². The second kappa shape index (κ2) is 8.04. The lowest BCUT2D eigenvalue weighted by atomic mass is 10.2. The van der Waals surface area contributed by atoms with E-state index in [0.29, 0.717) is 21.2 Å². The van der Waals surface area contributed by atoms with E-state index in [1.54, 1.807) is 54.6 Å². The number of ether oxygens (including phenoxy) is 2. The summed E-state index contributed by atoms with van der Waals surface area (Å²) in [6, 6.07) is 19.1. The van der Waals surface area contributed by atoms with E-state index in [0.717, 1.165) is 0 Å². The molecule has 0 unspecified atom stereocenters. The summed E-state index contributed by atoms with van der Waals surface area (Å²) in [7, 11) is 0. The van der Waals surface area contributed by atoms with E-state index in [2.05, 4.69) is 0 Å². The monoisotopic (exact) mass is 386 g/mol. The molecule has 0 aromatic heterocycles. The molecular weight excluding hydrogens is 375 g/mol. The van der Waals surface area contributed by atoms with Gasteiger partial charge < -0.3 is 9.47 Å². The van der Waals surface area contributed by atoms with Crippen LogP contribution in [0.1, 0.15) is 20.7 Å². The summed E-state index contributed by atoms with van der Waals surface area (Å²) in [5.74, 6) is -0.644. The Bertz CT molecular complexity index is 895. The molecule has 0 saturated heterocycles. The highest BCUT2D eigenvalue weighted by Crippen LogP contribution is 2.22. The molecular formula is C20H12Cl2O4. The van der Waals surface area contributed by atoms with Crippen molar-refractivity contribution in [2.45, 2.75) is 0 Å². The minimum atomic E-state index is -0.564. The highest BCUT2D eigenvalue weighted by atomic mass is 35.5. The molecule has 0 fully saturated rings. The fraction of sp³-hybridized carbons (Fsp3) is 0. The number of halogens is 2. The average molecular weight is 387 g/mol. The number of hydrogen-bond donors (Lipinski definition) is 0. The van der Waals surface area contributed by atoms with Crippen molar-refractivity contribution >= 4 is 35.1 Å². The molecule has 6 heteroatoms. The van der Waals surface area contributed by atoms with Crippen LogP contribution >= 0.6 is 23.2 Å². The maximum atomic E-state index is 12.2. The van der Waals surface area contributed by atoms with Crippen LogP contribution in [0.5, 0.6) is 11.5 Å². The van der Waals surface area contributed by atoms with Crippen molar-refractivity contribution in [3.05, 3.63) is 94.0 Å². The topological polar surface area (TPSA) is 52.6 Å². The zero-order valence-corrected chi connectivity index (χ0v) is 14.8. The Kier molecular flexibility index (Phi) is 5.56. The van der Waals surface area contributed by atoms with E-state index in [1.807, 2.05) is 0 Å². The van der Waals surface area contributed by atoms with Crippen molar-refractivity contribution in [2.75, 3.05) is 0 Å².